The normalized spacial score (nSPS) is 14.2. The summed E-state index contributed by atoms with van der Waals surface area (Å²) in [4.78, 5) is 11.1. The molecular weight excluding hydrogens is 280 g/mol. The van der Waals surface area contributed by atoms with Gasteiger partial charge in [0.1, 0.15) is 19.0 Å². The van der Waals surface area contributed by atoms with Crippen molar-refractivity contribution in [3.8, 4) is 11.5 Å². The first-order valence-electron chi connectivity index (χ1n) is 7.27. The zero-order chi connectivity index (χ0) is 15.4. The molecular formula is C18H18O4. The van der Waals surface area contributed by atoms with E-state index in [-0.39, 0.29) is 6.10 Å². The molecule has 2 aromatic carbocycles. The molecule has 1 fully saturated rings. The molecule has 3 rings (SSSR count). The molecule has 0 aliphatic carbocycles. The molecule has 0 aromatic heterocycles. The smallest absolute Gasteiger partial charge is 0.164 e. The molecule has 2 aromatic rings. The number of aryl methyl sites for hydroxylation is 1. The minimum Gasteiger partial charge on any atom is -0.485 e. The van der Waals surface area contributed by atoms with Gasteiger partial charge in [0.2, 0.25) is 0 Å². The Balaban J connectivity index is 1.82. The molecule has 1 heterocycles. The Morgan fingerprint density at radius 2 is 2.00 bits per heavy atom. The van der Waals surface area contributed by atoms with E-state index in [0.29, 0.717) is 36.9 Å². The first-order chi connectivity index (χ1) is 10.8. The lowest BCUT2D eigenvalue weighted by molar-refractivity contribution is -0.0807. The Hall–Kier alpha value is -2.33. The monoisotopic (exact) mass is 298 g/mol. The van der Waals surface area contributed by atoms with Gasteiger partial charge in [-0.05, 0) is 30.2 Å². The Bertz CT molecular complexity index is 648. The first kappa shape index (κ1) is 14.6. The van der Waals surface area contributed by atoms with Crippen LogP contribution in [0.5, 0.6) is 11.5 Å². The number of hydrogen-bond acceptors (Lipinski definition) is 4. The van der Waals surface area contributed by atoms with Gasteiger partial charge in [-0.3, -0.25) is 4.79 Å². The van der Waals surface area contributed by atoms with Crippen LogP contribution in [0.4, 0.5) is 0 Å². The highest BCUT2D eigenvalue weighted by atomic mass is 16.6. The van der Waals surface area contributed by atoms with Gasteiger partial charge in [0.15, 0.2) is 11.5 Å². The van der Waals surface area contributed by atoms with Gasteiger partial charge in [-0.2, -0.15) is 0 Å². The van der Waals surface area contributed by atoms with Crippen molar-refractivity contribution in [2.24, 2.45) is 0 Å². The van der Waals surface area contributed by atoms with Gasteiger partial charge in [-0.25, -0.2) is 0 Å². The number of carbonyl (C=O) groups is 1. The summed E-state index contributed by atoms with van der Waals surface area (Å²) >= 11 is 0. The summed E-state index contributed by atoms with van der Waals surface area (Å²) in [5.74, 6) is 1.28. The van der Waals surface area contributed by atoms with Gasteiger partial charge in [0, 0.05) is 5.56 Å². The fourth-order valence-electron chi connectivity index (χ4n) is 2.28. The Labute approximate surface area is 129 Å². The van der Waals surface area contributed by atoms with Crippen molar-refractivity contribution in [1.29, 1.82) is 0 Å². The standard InChI is InChI=1S/C18H18O4/c1-13-7-15(9-19)8-17(18(13)22-16-11-20-12-16)21-10-14-5-3-2-4-6-14/h2-9,16H,10-12H2,1H3. The van der Waals surface area contributed by atoms with Crippen molar-refractivity contribution in [1.82, 2.24) is 0 Å². The maximum Gasteiger partial charge on any atom is 0.164 e. The highest BCUT2D eigenvalue weighted by molar-refractivity contribution is 5.77. The summed E-state index contributed by atoms with van der Waals surface area (Å²) in [6.45, 7) is 3.53. The summed E-state index contributed by atoms with van der Waals surface area (Å²) in [5, 5.41) is 0. The zero-order valence-corrected chi connectivity index (χ0v) is 12.5. The third-order valence-corrected chi connectivity index (χ3v) is 3.53. The Kier molecular flexibility index (Phi) is 4.39. The quantitative estimate of drug-likeness (QED) is 0.768. The summed E-state index contributed by atoms with van der Waals surface area (Å²) in [6.07, 6.45) is 0.873. The van der Waals surface area contributed by atoms with E-state index >= 15 is 0 Å². The number of hydrogen-bond donors (Lipinski definition) is 0. The van der Waals surface area contributed by atoms with Gasteiger partial charge >= 0.3 is 0 Å². The average Bonchev–Trinajstić information content (AvgIpc) is 2.50. The van der Waals surface area contributed by atoms with Crippen LogP contribution in [-0.2, 0) is 11.3 Å². The molecule has 0 unspecified atom stereocenters. The SMILES string of the molecule is Cc1cc(C=O)cc(OCc2ccccc2)c1OC1COC1. The molecule has 0 saturated carbocycles. The van der Waals surface area contributed by atoms with Crippen LogP contribution >= 0.6 is 0 Å². The molecule has 114 valence electrons. The molecule has 0 atom stereocenters. The van der Waals surface area contributed by atoms with Crippen LogP contribution < -0.4 is 9.47 Å². The second kappa shape index (κ2) is 6.62. The van der Waals surface area contributed by atoms with E-state index in [1.54, 1.807) is 12.1 Å². The highest BCUT2D eigenvalue weighted by Gasteiger charge is 2.23. The fraction of sp³-hybridized carbons (Fsp3) is 0.278. The predicted octanol–water partition coefficient (Wildman–Crippen LogP) is 3.16. The van der Waals surface area contributed by atoms with Crippen molar-refractivity contribution in [3.05, 3.63) is 59.2 Å². The van der Waals surface area contributed by atoms with Crippen LogP contribution in [0.2, 0.25) is 0 Å². The lowest BCUT2D eigenvalue weighted by atomic mass is 10.1. The largest absolute Gasteiger partial charge is 0.485 e. The number of ether oxygens (including phenoxy) is 3. The predicted molar refractivity (Wildman–Crippen MR) is 82.6 cm³/mol. The minimum atomic E-state index is 0.0554. The number of aldehydes is 1. The van der Waals surface area contributed by atoms with Crippen molar-refractivity contribution in [2.45, 2.75) is 19.6 Å². The summed E-state index contributed by atoms with van der Waals surface area (Å²) in [5.41, 5.74) is 2.53. The second-order valence-electron chi connectivity index (χ2n) is 5.33. The minimum absolute atomic E-state index is 0.0554. The first-order valence-corrected chi connectivity index (χ1v) is 7.27. The Morgan fingerprint density at radius 1 is 1.23 bits per heavy atom. The highest BCUT2D eigenvalue weighted by Crippen LogP contribution is 2.34. The third-order valence-electron chi connectivity index (χ3n) is 3.53. The Morgan fingerprint density at radius 3 is 2.64 bits per heavy atom. The molecule has 0 radical (unpaired) electrons. The number of benzene rings is 2. The van der Waals surface area contributed by atoms with Crippen molar-refractivity contribution >= 4 is 6.29 Å². The molecule has 22 heavy (non-hydrogen) atoms. The maximum absolute atomic E-state index is 11.1. The summed E-state index contributed by atoms with van der Waals surface area (Å²) in [7, 11) is 0. The summed E-state index contributed by atoms with van der Waals surface area (Å²) in [6, 6.07) is 13.4. The van der Waals surface area contributed by atoms with Crippen LogP contribution in [0, 0.1) is 6.92 Å². The number of carbonyl (C=O) groups excluding carboxylic acids is 1. The van der Waals surface area contributed by atoms with E-state index in [1.165, 1.54) is 0 Å². The van der Waals surface area contributed by atoms with E-state index in [0.717, 1.165) is 17.4 Å². The van der Waals surface area contributed by atoms with Crippen LogP contribution in [0.15, 0.2) is 42.5 Å². The van der Waals surface area contributed by atoms with Gasteiger partial charge in [-0.1, -0.05) is 30.3 Å². The van der Waals surface area contributed by atoms with Crippen molar-refractivity contribution < 1.29 is 19.0 Å². The molecule has 0 N–H and O–H groups in total. The van der Waals surface area contributed by atoms with Gasteiger partial charge in [-0.15, -0.1) is 0 Å². The maximum atomic E-state index is 11.1. The van der Waals surface area contributed by atoms with Crippen molar-refractivity contribution in [2.75, 3.05) is 13.2 Å². The van der Waals surface area contributed by atoms with E-state index in [2.05, 4.69) is 0 Å². The van der Waals surface area contributed by atoms with E-state index in [1.807, 2.05) is 37.3 Å². The number of rotatable bonds is 6. The third kappa shape index (κ3) is 3.28. The van der Waals surface area contributed by atoms with Crippen LogP contribution in [0.1, 0.15) is 21.5 Å². The van der Waals surface area contributed by atoms with E-state index < -0.39 is 0 Å². The zero-order valence-electron chi connectivity index (χ0n) is 12.5. The van der Waals surface area contributed by atoms with E-state index in [4.69, 9.17) is 14.2 Å². The molecule has 1 saturated heterocycles. The molecule has 0 amide bonds. The second-order valence-corrected chi connectivity index (χ2v) is 5.33. The van der Waals surface area contributed by atoms with Gasteiger partial charge in [0.05, 0.1) is 13.2 Å². The molecule has 0 bridgehead atoms. The van der Waals surface area contributed by atoms with Gasteiger partial charge in [0.25, 0.3) is 0 Å². The molecule has 1 aliphatic heterocycles. The van der Waals surface area contributed by atoms with Crippen molar-refractivity contribution in [3.63, 3.8) is 0 Å². The molecule has 0 spiro atoms. The topological polar surface area (TPSA) is 44.8 Å². The fourth-order valence-corrected chi connectivity index (χ4v) is 2.28. The summed E-state index contributed by atoms with van der Waals surface area (Å²) < 4.78 is 17.0. The lowest BCUT2D eigenvalue weighted by Crippen LogP contribution is -2.38. The van der Waals surface area contributed by atoms with Crippen LogP contribution in [0.3, 0.4) is 0 Å². The molecule has 4 nitrogen and oxygen atoms in total. The van der Waals surface area contributed by atoms with Crippen LogP contribution in [-0.4, -0.2) is 25.6 Å². The van der Waals surface area contributed by atoms with Crippen LogP contribution in [0.25, 0.3) is 0 Å². The van der Waals surface area contributed by atoms with E-state index in [9.17, 15) is 4.79 Å². The van der Waals surface area contributed by atoms with Gasteiger partial charge < -0.3 is 14.2 Å². The molecule has 4 heteroatoms. The lowest BCUT2D eigenvalue weighted by Gasteiger charge is -2.28. The average molecular weight is 298 g/mol. The molecule has 1 aliphatic rings.